The lowest BCUT2D eigenvalue weighted by atomic mass is 10.2. The Hall–Kier alpha value is -0.280. The van der Waals surface area contributed by atoms with Crippen molar-refractivity contribution in [1.29, 1.82) is 0 Å². The van der Waals surface area contributed by atoms with Gasteiger partial charge in [0, 0.05) is 5.57 Å². The van der Waals surface area contributed by atoms with Crippen molar-refractivity contribution in [2.45, 2.75) is 13.0 Å². The summed E-state index contributed by atoms with van der Waals surface area (Å²) < 4.78 is 11.8. The van der Waals surface area contributed by atoms with Crippen LogP contribution in [-0.2, 0) is 0 Å². The SMILES string of the molecule is C=C(C(F)=S)C(C)O. The van der Waals surface area contributed by atoms with Crippen LogP contribution in [-0.4, -0.2) is 16.3 Å². The van der Waals surface area contributed by atoms with E-state index in [1.165, 1.54) is 6.92 Å². The van der Waals surface area contributed by atoms with E-state index in [2.05, 4.69) is 18.8 Å². The van der Waals surface area contributed by atoms with Gasteiger partial charge in [0.25, 0.3) is 0 Å². The van der Waals surface area contributed by atoms with Crippen LogP contribution in [0.25, 0.3) is 0 Å². The first kappa shape index (κ1) is 7.72. The average molecular weight is 134 g/mol. The normalized spacial score (nSPS) is 12.9. The number of aliphatic hydroxyl groups is 1. The van der Waals surface area contributed by atoms with Crippen molar-refractivity contribution >= 4 is 17.3 Å². The van der Waals surface area contributed by atoms with E-state index < -0.39 is 11.2 Å². The van der Waals surface area contributed by atoms with Gasteiger partial charge in [-0.15, -0.1) is 0 Å². The molecule has 1 atom stereocenters. The fourth-order valence-corrected chi connectivity index (χ4v) is 0.335. The Morgan fingerprint density at radius 2 is 2.25 bits per heavy atom. The highest BCUT2D eigenvalue weighted by Crippen LogP contribution is 2.01. The summed E-state index contributed by atoms with van der Waals surface area (Å²) in [5.74, 6) is 0. The minimum Gasteiger partial charge on any atom is -0.389 e. The highest BCUT2D eigenvalue weighted by atomic mass is 32.1. The molecule has 0 saturated carbocycles. The van der Waals surface area contributed by atoms with E-state index in [1.54, 1.807) is 0 Å². The Bertz CT molecular complexity index is 120. The highest BCUT2D eigenvalue weighted by molar-refractivity contribution is 7.80. The average Bonchev–Trinajstić information content (AvgIpc) is 1.64. The molecule has 0 aromatic heterocycles. The molecule has 0 fully saturated rings. The van der Waals surface area contributed by atoms with E-state index in [9.17, 15) is 4.39 Å². The number of thiocarbonyl (C=S) groups is 1. The van der Waals surface area contributed by atoms with E-state index in [0.29, 0.717) is 0 Å². The Morgan fingerprint density at radius 3 is 2.25 bits per heavy atom. The molecule has 0 aliphatic heterocycles. The second-order valence-electron chi connectivity index (χ2n) is 1.47. The van der Waals surface area contributed by atoms with E-state index in [1.807, 2.05) is 0 Å². The van der Waals surface area contributed by atoms with Crippen molar-refractivity contribution in [3.05, 3.63) is 12.2 Å². The molecule has 0 aliphatic carbocycles. The van der Waals surface area contributed by atoms with Crippen LogP contribution >= 0.6 is 12.2 Å². The molecule has 3 heteroatoms. The molecule has 46 valence electrons. The number of hydrogen-bond acceptors (Lipinski definition) is 2. The van der Waals surface area contributed by atoms with Gasteiger partial charge < -0.3 is 5.11 Å². The zero-order valence-electron chi connectivity index (χ0n) is 4.52. The Labute approximate surface area is 52.8 Å². The predicted octanol–water partition coefficient (Wildman–Crippen LogP) is 1.22. The first-order chi connectivity index (χ1) is 3.55. The summed E-state index contributed by atoms with van der Waals surface area (Å²) in [5.41, 5.74) is -0.0278. The quantitative estimate of drug-likeness (QED) is 0.348. The maximum absolute atomic E-state index is 11.8. The fraction of sp³-hybridized carbons (Fsp3) is 0.400. The monoisotopic (exact) mass is 134 g/mol. The Kier molecular flexibility index (Phi) is 2.79. The lowest BCUT2D eigenvalue weighted by molar-refractivity contribution is 0.237. The van der Waals surface area contributed by atoms with E-state index >= 15 is 0 Å². The van der Waals surface area contributed by atoms with Gasteiger partial charge in [-0.1, -0.05) is 6.58 Å². The highest BCUT2D eigenvalue weighted by Gasteiger charge is 2.05. The molecule has 1 N–H and O–H groups in total. The second-order valence-corrected chi connectivity index (χ2v) is 1.83. The molecule has 0 aromatic rings. The lowest BCUT2D eigenvalue weighted by Crippen LogP contribution is -2.07. The van der Waals surface area contributed by atoms with Crippen molar-refractivity contribution in [3.63, 3.8) is 0 Å². The van der Waals surface area contributed by atoms with Crippen LogP contribution in [0.3, 0.4) is 0 Å². The minimum absolute atomic E-state index is 0.0278. The molecule has 8 heavy (non-hydrogen) atoms. The topological polar surface area (TPSA) is 20.2 Å². The third-order valence-corrected chi connectivity index (χ3v) is 1.02. The van der Waals surface area contributed by atoms with E-state index in [4.69, 9.17) is 5.11 Å². The zero-order chi connectivity index (χ0) is 6.73. The number of aliphatic hydroxyl groups excluding tert-OH is 1. The Morgan fingerprint density at radius 1 is 1.88 bits per heavy atom. The van der Waals surface area contributed by atoms with Crippen LogP contribution in [0.5, 0.6) is 0 Å². The summed E-state index contributed by atoms with van der Waals surface area (Å²) in [7, 11) is 0. The zero-order valence-corrected chi connectivity index (χ0v) is 5.33. The smallest absolute Gasteiger partial charge is 0.191 e. The van der Waals surface area contributed by atoms with Crippen LogP contribution in [0, 0.1) is 0 Å². The number of halogens is 1. The maximum Gasteiger partial charge on any atom is 0.191 e. The first-order valence-electron chi connectivity index (χ1n) is 2.12. The molecule has 0 spiro atoms. The van der Waals surface area contributed by atoms with Crippen LogP contribution < -0.4 is 0 Å². The molecule has 0 saturated heterocycles. The van der Waals surface area contributed by atoms with Crippen LogP contribution in [0.1, 0.15) is 6.92 Å². The van der Waals surface area contributed by atoms with Gasteiger partial charge in [-0.05, 0) is 19.1 Å². The number of hydrogen-bond donors (Lipinski definition) is 1. The summed E-state index contributed by atoms with van der Waals surface area (Å²) in [6, 6.07) is 0. The molecule has 0 radical (unpaired) electrons. The van der Waals surface area contributed by atoms with Crippen molar-refractivity contribution in [1.82, 2.24) is 0 Å². The summed E-state index contributed by atoms with van der Waals surface area (Å²) in [5, 5.41) is 7.74. The summed E-state index contributed by atoms with van der Waals surface area (Å²) in [4.78, 5) is 0. The van der Waals surface area contributed by atoms with Gasteiger partial charge in [0.2, 0.25) is 0 Å². The second kappa shape index (κ2) is 2.89. The van der Waals surface area contributed by atoms with Crippen LogP contribution in [0.15, 0.2) is 12.2 Å². The fourth-order valence-electron chi connectivity index (χ4n) is 0.164. The Balaban J connectivity index is 3.84. The van der Waals surface area contributed by atoms with Crippen LogP contribution in [0.2, 0.25) is 0 Å². The molecule has 1 unspecified atom stereocenters. The lowest BCUT2D eigenvalue weighted by Gasteiger charge is -2.00. The maximum atomic E-state index is 11.8. The minimum atomic E-state index is -0.868. The predicted molar refractivity (Wildman–Crippen MR) is 34.5 cm³/mol. The summed E-state index contributed by atoms with van der Waals surface area (Å²) in [6.07, 6.45) is -0.868. The molecule has 0 bridgehead atoms. The van der Waals surface area contributed by atoms with Gasteiger partial charge in [-0.25, -0.2) is 0 Å². The molecule has 1 nitrogen and oxygen atoms in total. The molecule has 0 heterocycles. The molecular formula is C5H7FOS. The number of rotatable bonds is 2. The van der Waals surface area contributed by atoms with Gasteiger partial charge in [0.05, 0.1) is 6.10 Å². The van der Waals surface area contributed by atoms with Crippen molar-refractivity contribution in [3.8, 4) is 0 Å². The van der Waals surface area contributed by atoms with Gasteiger partial charge in [-0.2, -0.15) is 4.39 Å². The van der Waals surface area contributed by atoms with Gasteiger partial charge in [0.1, 0.15) is 0 Å². The first-order valence-corrected chi connectivity index (χ1v) is 2.53. The van der Waals surface area contributed by atoms with E-state index in [0.717, 1.165) is 0 Å². The third kappa shape index (κ3) is 2.14. The molecular weight excluding hydrogens is 127 g/mol. The largest absolute Gasteiger partial charge is 0.389 e. The standard InChI is InChI=1S/C5H7FOS/c1-3(4(2)7)5(6)8/h4,7H,1H2,2H3. The van der Waals surface area contributed by atoms with Gasteiger partial charge >= 0.3 is 0 Å². The van der Waals surface area contributed by atoms with Crippen molar-refractivity contribution in [2.75, 3.05) is 0 Å². The molecule has 0 aliphatic rings. The third-order valence-electron chi connectivity index (χ3n) is 0.757. The van der Waals surface area contributed by atoms with Crippen LogP contribution in [0.4, 0.5) is 4.39 Å². The summed E-state index contributed by atoms with van der Waals surface area (Å²) >= 11 is 4.07. The van der Waals surface area contributed by atoms with Crippen molar-refractivity contribution in [2.24, 2.45) is 0 Å². The summed E-state index contributed by atoms with van der Waals surface area (Å²) in [6.45, 7) is 4.60. The van der Waals surface area contributed by atoms with Crippen molar-refractivity contribution < 1.29 is 9.50 Å². The van der Waals surface area contributed by atoms with Gasteiger partial charge in [0.15, 0.2) is 5.12 Å². The van der Waals surface area contributed by atoms with Gasteiger partial charge in [-0.3, -0.25) is 0 Å². The molecule has 0 aromatic carbocycles. The van der Waals surface area contributed by atoms with E-state index in [-0.39, 0.29) is 5.57 Å². The molecule has 0 amide bonds. The molecule has 0 rings (SSSR count).